The Labute approximate surface area is 195 Å². The summed E-state index contributed by atoms with van der Waals surface area (Å²) in [4.78, 5) is 0. The second-order valence-corrected chi connectivity index (χ2v) is 13.1. The van der Waals surface area contributed by atoms with E-state index in [9.17, 15) is 20.4 Å². The second kappa shape index (κ2) is 8.66. The van der Waals surface area contributed by atoms with Gasteiger partial charge in [0.25, 0.3) is 0 Å². The quantitative estimate of drug-likeness (QED) is 0.444. The Morgan fingerprint density at radius 2 is 1.81 bits per heavy atom. The highest BCUT2D eigenvalue weighted by molar-refractivity contribution is 5.25. The first-order valence-electron chi connectivity index (χ1n) is 13.3. The van der Waals surface area contributed by atoms with Gasteiger partial charge in [-0.25, -0.2) is 0 Å². The molecule has 4 aliphatic carbocycles. The molecule has 184 valence electrons. The maximum atomic E-state index is 11.1. The van der Waals surface area contributed by atoms with E-state index in [0.29, 0.717) is 18.3 Å². The summed E-state index contributed by atoms with van der Waals surface area (Å²) < 4.78 is 0. The molecule has 4 nitrogen and oxygen atoms in total. The SMILES string of the molecule is CC(C(O)CC(CO)C(C)(C)O)C1CCC2C3CC=C4CC(O)CCC4(C)C3CCC12C. The normalized spacial score (nSPS) is 44.7. The number of hydrogen-bond donors (Lipinski definition) is 4. The van der Waals surface area contributed by atoms with E-state index >= 15 is 0 Å². The molecule has 4 aliphatic rings. The molecule has 4 N–H and O–H groups in total. The van der Waals surface area contributed by atoms with Crippen LogP contribution in [0, 0.1) is 46.3 Å². The van der Waals surface area contributed by atoms with Gasteiger partial charge in [-0.1, -0.05) is 32.4 Å². The molecule has 0 aromatic carbocycles. The van der Waals surface area contributed by atoms with Crippen molar-refractivity contribution in [3.8, 4) is 0 Å². The second-order valence-electron chi connectivity index (χ2n) is 13.1. The van der Waals surface area contributed by atoms with Crippen LogP contribution in [0.4, 0.5) is 0 Å². The van der Waals surface area contributed by atoms with Gasteiger partial charge in [-0.3, -0.25) is 0 Å². The van der Waals surface area contributed by atoms with Crippen LogP contribution in [0.15, 0.2) is 11.6 Å². The van der Waals surface area contributed by atoms with Gasteiger partial charge in [0.05, 0.1) is 17.8 Å². The molecule has 0 bridgehead atoms. The zero-order chi connectivity index (χ0) is 23.5. The molecule has 0 amide bonds. The fourth-order valence-electron chi connectivity index (χ4n) is 8.91. The summed E-state index contributed by atoms with van der Waals surface area (Å²) in [5.74, 6) is 2.55. The van der Waals surface area contributed by atoms with E-state index in [2.05, 4.69) is 26.8 Å². The summed E-state index contributed by atoms with van der Waals surface area (Å²) in [6.45, 7) is 10.6. The first kappa shape index (κ1) is 24.7. The average molecular weight is 449 g/mol. The fourth-order valence-corrected chi connectivity index (χ4v) is 8.91. The predicted molar refractivity (Wildman–Crippen MR) is 128 cm³/mol. The Kier molecular flexibility index (Phi) is 6.68. The third-order valence-corrected chi connectivity index (χ3v) is 11.1. The van der Waals surface area contributed by atoms with Crippen molar-refractivity contribution >= 4 is 0 Å². The number of allylic oxidation sites excluding steroid dienone is 1. The van der Waals surface area contributed by atoms with Crippen LogP contribution in [0.3, 0.4) is 0 Å². The molecular formula is C28H48O4. The highest BCUT2D eigenvalue weighted by Gasteiger charge is 2.59. The molecule has 4 rings (SSSR count). The van der Waals surface area contributed by atoms with Crippen molar-refractivity contribution in [2.45, 2.75) is 110 Å². The standard InChI is InChI=1S/C28H48O4/c1-17(25(31)15-19(16-29)26(2,3)32)22-8-9-23-21-7-6-18-14-20(30)10-12-27(18,4)24(21)11-13-28(22,23)5/h6,17,19-25,29-32H,7-16H2,1-5H3. The highest BCUT2D eigenvalue weighted by atomic mass is 16.3. The number of fused-ring (bicyclic) bond motifs is 5. The topological polar surface area (TPSA) is 80.9 Å². The monoisotopic (exact) mass is 448 g/mol. The molecule has 0 radical (unpaired) electrons. The van der Waals surface area contributed by atoms with E-state index < -0.39 is 11.7 Å². The van der Waals surface area contributed by atoms with Gasteiger partial charge in [0.1, 0.15) is 0 Å². The summed E-state index contributed by atoms with van der Waals surface area (Å²) in [7, 11) is 0. The Morgan fingerprint density at radius 1 is 1.09 bits per heavy atom. The minimum Gasteiger partial charge on any atom is -0.396 e. The van der Waals surface area contributed by atoms with Crippen LogP contribution in [0.5, 0.6) is 0 Å². The van der Waals surface area contributed by atoms with Gasteiger partial charge in [-0.05, 0) is 112 Å². The largest absolute Gasteiger partial charge is 0.396 e. The molecular weight excluding hydrogens is 400 g/mol. The minimum atomic E-state index is -0.981. The first-order valence-corrected chi connectivity index (χ1v) is 13.3. The van der Waals surface area contributed by atoms with Crippen LogP contribution < -0.4 is 0 Å². The average Bonchev–Trinajstić information content (AvgIpc) is 3.08. The molecule has 4 heteroatoms. The number of rotatable bonds is 6. The van der Waals surface area contributed by atoms with Crippen molar-refractivity contribution < 1.29 is 20.4 Å². The van der Waals surface area contributed by atoms with Crippen molar-refractivity contribution in [1.82, 2.24) is 0 Å². The Hall–Kier alpha value is -0.420. The summed E-state index contributed by atoms with van der Waals surface area (Å²) in [5, 5.41) is 41.5. The fraction of sp³-hybridized carbons (Fsp3) is 0.929. The lowest BCUT2D eigenvalue weighted by Crippen LogP contribution is -2.51. The van der Waals surface area contributed by atoms with Crippen LogP contribution >= 0.6 is 0 Å². The van der Waals surface area contributed by atoms with E-state index in [1.807, 2.05) is 0 Å². The van der Waals surface area contributed by atoms with Crippen molar-refractivity contribution in [3.63, 3.8) is 0 Å². The number of hydrogen-bond acceptors (Lipinski definition) is 4. The van der Waals surface area contributed by atoms with Gasteiger partial charge < -0.3 is 20.4 Å². The van der Waals surface area contributed by atoms with Gasteiger partial charge in [0, 0.05) is 12.5 Å². The third kappa shape index (κ3) is 4.01. The van der Waals surface area contributed by atoms with Gasteiger partial charge in [-0.15, -0.1) is 0 Å². The Morgan fingerprint density at radius 3 is 2.47 bits per heavy atom. The molecule has 10 atom stereocenters. The number of aliphatic hydroxyl groups excluding tert-OH is 3. The summed E-state index contributed by atoms with van der Waals surface area (Å²) in [6, 6.07) is 0. The summed E-state index contributed by atoms with van der Waals surface area (Å²) in [5.41, 5.74) is 1.08. The summed E-state index contributed by atoms with van der Waals surface area (Å²) >= 11 is 0. The molecule has 0 aromatic heterocycles. The van der Waals surface area contributed by atoms with Gasteiger partial charge in [0.15, 0.2) is 0 Å². The first-order chi connectivity index (χ1) is 14.9. The van der Waals surface area contributed by atoms with Gasteiger partial charge in [-0.2, -0.15) is 0 Å². The molecule has 32 heavy (non-hydrogen) atoms. The molecule has 10 unspecified atom stereocenters. The summed E-state index contributed by atoms with van der Waals surface area (Å²) in [6.07, 6.45) is 11.4. The molecule has 0 spiro atoms. The smallest absolute Gasteiger partial charge is 0.0642 e. The highest BCUT2D eigenvalue weighted by Crippen LogP contribution is 2.67. The van der Waals surface area contributed by atoms with Crippen LogP contribution in [-0.2, 0) is 0 Å². The van der Waals surface area contributed by atoms with E-state index in [4.69, 9.17) is 0 Å². The lowest BCUT2D eigenvalue weighted by atomic mass is 9.47. The van der Waals surface area contributed by atoms with Crippen molar-refractivity contribution in [2.24, 2.45) is 46.3 Å². The predicted octanol–water partition coefficient (Wildman–Crippen LogP) is 4.69. The van der Waals surface area contributed by atoms with E-state index in [-0.39, 0.29) is 35.4 Å². The van der Waals surface area contributed by atoms with Crippen molar-refractivity contribution in [3.05, 3.63) is 11.6 Å². The van der Waals surface area contributed by atoms with Crippen LogP contribution in [0.25, 0.3) is 0 Å². The lowest BCUT2D eigenvalue weighted by molar-refractivity contribution is -0.0781. The molecule has 3 fully saturated rings. The zero-order valence-corrected chi connectivity index (χ0v) is 21.1. The van der Waals surface area contributed by atoms with Crippen LogP contribution in [-0.4, -0.2) is 44.8 Å². The lowest BCUT2D eigenvalue weighted by Gasteiger charge is -2.58. The van der Waals surface area contributed by atoms with Gasteiger partial charge in [0.2, 0.25) is 0 Å². The number of aliphatic hydroxyl groups is 4. The molecule has 0 aliphatic heterocycles. The van der Waals surface area contributed by atoms with Gasteiger partial charge >= 0.3 is 0 Å². The van der Waals surface area contributed by atoms with E-state index in [0.717, 1.165) is 37.5 Å². The maximum Gasteiger partial charge on any atom is 0.0642 e. The van der Waals surface area contributed by atoms with Crippen LogP contribution in [0.2, 0.25) is 0 Å². The van der Waals surface area contributed by atoms with Crippen molar-refractivity contribution in [1.29, 1.82) is 0 Å². The van der Waals surface area contributed by atoms with Crippen LogP contribution in [0.1, 0.15) is 92.4 Å². The maximum absolute atomic E-state index is 11.1. The Balaban J connectivity index is 1.50. The van der Waals surface area contributed by atoms with E-state index in [1.54, 1.807) is 13.8 Å². The molecule has 3 saturated carbocycles. The Bertz CT molecular complexity index is 711. The minimum absolute atomic E-state index is 0.0937. The molecule has 0 heterocycles. The van der Waals surface area contributed by atoms with E-state index in [1.165, 1.54) is 31.3 Å². The molecule has 0 saturated heterocycles. The van der Waals surface area contributed by atoms with Crippen molar-refractivity contribution in [2.75, 3.05) is 6.61 Å². The molecule has 0 aromatic rings. The third-order valence-electron chi connectivity index (χ3n) is 11.1. The zero-order valence-electron chi connectivity index (χ0n) is 21.1.